The van der Waals surface area contributed by atoms with Crippen LogP contribution in [0.4, 0.5) is 0 Å². The standard InChI is InChI=1S/C15H25N3O3/c1-7-8(2)13(15(20)21-6)17-10(4)12-9(3)16-11(5)18-14(12)19/h8,10,13,17H,7H2,1-6H3,(H,16,18,19). The molecular formula is C15H25N3O3. The van der Waals surface area contributed by atoms with Gasteiger partial charge in [-0.15, -0.1) is 0 Å². The lowest BCUT2D eigenvalue weighted by Gasteiger charge is -2.26. The molecule has 0 fully saturated rings. The molecule has 1 rings (SSSR count). The van der Waals surface area contributed by atoms with Gasteiger partial charge in [0, 0.05) is 11.7 Å². The van der Waals surface area contributed by atoms with E-state index in [2.05, 4.69) is 15.3 Å². The molecule has 3 unspecified atom stereocenters. The summed E-state index contributed by atoms with van der Waals surface area (Å²) < 4.78 is 4.85. The second-order valence-electron chi connectivity index (χ2n) is 5.43. The Morgan fingerprint density at radius 2 is 2.00 bits per heavy atom. The Morgan fingerprint density at radius 1 is 1.38 bits per heavy atom. The van der Waals surface area contributed by atoms with Crippen molar-refractivity contribution in [1.82, 2.24) is 15.3 Å². The molecule has 0 aromatic carbocycles. The maximum absolute atomic E-state index is 12.1. The number of ether oxygens (including phenoxy) is 1. The zero-order valence-corrected chi connectivity index (χ0v) is 13.6. The van der Waals surface area contributed by atoms with Gasteiger partial charge < -0.3 is 9.72 Å². The number of hydrogen-bond donors (Lipinski definition) is 2. The van der Waals surface area contributed by atoms with E-state index in [9.17, 15) is 9.59 Å². The van der Waals surface area contributed by atoms with Gasteiger partial charge in [0.1, 0.15) is 11.9 Å². The molecule has 0 spiro atoms. The third kappa shape index (κ3) is 4.14. The van der Waals surface area contributed by atoms with Crippen LogP contribution in [0.25, 0.3) is 0 Å². The van der Waals surface area contributed by atoms with Crippen LogP contribution in [0.15, 0.2) is 4.79 Å². The molecule has 118 valence electrons. The molecule has 6 nitrogen and oxygen atoms in total. The molecular weight excluding hydrogens is 270 g/mol. The molecule has 3 atom stereocenters. The largest absolute Gasteiger partial charge is 0.468 e. The number of carbonyl (C=O) groups is 1. The van der Waals surface area contributed by atoms with E-state index in [1.54, 1.807) is 13.8 Å². The molecule has 0 aliphatic carbocycles. The molecule has 0 aliphatic heterocycles. The van der Waals surface area contributed by atoms with Gasteiger partial charge in [-0.1, -0.05) is 20.3 Å². The second kappa shape index (κ2) is 7.36. The van der Waals surface area contributed by atoms with Crippen molar-refractivity contribution in [3.63, 3.8) is 0 Å². The SMILES string of the molecule is CCC(C)C(NC(C)c1c(C)nc(C)[nH]c1=O)C(=O)OC. The summed E-state index contributed by atoms with van der Waals surface area (Å²) in [6.07, 6.45) is 0.834. The lowest BCUT2D eigenvalue weighted by molar-refractivity contribution is -0.144. The van der Waals surface area contributed by atoms with Gasteiger partial charge in [0.25, 0.3) is 5.56 Å². The molecule has 0 saturated carbocycles. The van der Waals surface area contributed by atoms with Gasteiger partial charge in [-0.3, -0.25) is 14.9 Å². The first-order valence-corrected chi connectivity index (χ1v) is 7.23. The molecule has 0 amide bonds. The van der Waals surface area contributed by atoms with Crippen LogP contribution in [0, 0.1) is 19.8 Å². The predicted molar refractivity (Wildman–Crippen MR) is 81.1 cm³/mol. The van der Waals surface area contributed by atoms with E-state index < -0.39 is 6.04 Å². The maximum Gasteiger partial charge on any atom is 0.323 e. The summed E-state index contributed by atoms with van der Waals surface area (Å²) in [5.74, 6) is 0.378. The maximum atomic E-state index is 12.1. The van der Waals surface area contributed by atoms with E-state index in [-0.39, 0.29) is 23.5 Å². The number of aromatic nitrogens is 2. The highest BCUT2D eigenvalue weighted by molar-refractivity contribution is 5.76. The summed E-state index contributed by atoms with van der Waals surface area (Å²) in [6.45, 7) is 9.38. The number of rotatable bonds is 6. The fourth-order valence-electron chi connectivity index (χ4n) is 2.43. The van der Waals surface area contributed by atoms with E-state index >= 15 is 0 Å². The van der Waals surface area contributed by atoms with Crippen LogP contribution in [0.2, 0.25) is 0 Å². The number of esters is 1. The third-order valence-corrected chi connectivity index (χ3v) is 3.79. The van der Waals surface area contributed by atoms with Gasteiger partial charge in [0.2, 0.25) is 0 Å². The third-order valence-electron chi connectivity index (χ3n) is 3.79. The van der Waals surface area contributed by atoms with Crippen LogP contribution >= 0.6 is 0 Å². The quantitative estimate of drug-likeness (QED) is 0.779. The molecule has 21 heavy (non-hydrogen) atoms. The first-order valence-electron chi connectivity index (χ1n) is 7.23. The zero-order chi connectivity index (χ0) is 16.2. The molecule has 1 aromatic rings. The molecule has 0 aliphatic rings. The van der Waals surface area contributed by atoms with Crippen LogP contribution in [-0.2, 0) is 9.53 Å². The average molecular weight is 295 g/mol. The van der Waals surface area contributed by atoms with Gasteiger partial charge in [-0.2, -0.15) is 0 Å². The van der Waals surface area contributed by atoms with Crippen LogP contribution in [0.3, 0.4) is 0 Å². The number of nitrogens with one attached hydrogen (secondary N) is 2. The minimum atomic E-state index is -0.449. The molecule has 1 aromatic heterocycles. The van der Waals surface area contributed by atoms with Crippen LogP contribution < -0.4 is 10.9 Å². The van der Waals surface area contributed by atoms with Gasteiger partial charge >= 0.3 is 5.97 Å². The number of nitrogens with zero attached hydrogens (tertiary/aromatic N) is 1. The molecule has 2 N–H and O–H groups in total. The van der Waals surface area contributed by atoms with Crippen molar-refractivity contribution in [2.45, 2.75) is 53.1 Å². The van der Waals surface area contributed by atoms with E-state index in [1.165, 1.54) is 7.11 Å². The second-order valence-corrected chi connectivity index (χ2v) is 5.43. The Bertz CT molecular complexity index is 554. The van der Waals surface area contributed by atoms with Gasteiger partial charge in [0.15, 0.2) is 0 Å². The van der Waals surface area contributed by atoms with E-state index in [0.29, 0.717) is 17.1 Å². The van der Waals surface area contributed by atoms with E-state index in [1.807, 2.05) is 20.8 Å². The van der Waals surface area contributed by atoms with Crippen molar-refractivity contribution in [1.29, 1.82) is 0 Å². The van der Waals surface area contributed by atoms with Gasteiger partial charge in [-0.25, -0.2) is 4.98 Å². The first-order chi connectivity index (χ1) is 9.81. The number of carbonyl (C=O) groups excluding carboxylic acids is 1. The summed E-state index contributed by atoms with van der Waals surface area (Å²) in [4.78, 5) is 31.0. The van der Waals surface area contributed by atoms with Gasteiger partial charge in [-0.05, 0) is 26.7 Å². The van der Waals surface area contributed by atoms with E-state index in [0.717, 1.165) is 6.42 Å². The fraction of sp³-hybridized carbons (Fsp3) is 0.667. The lowest BCUT2D eigenvalue weighted by atomic mass is 9.97. The van der Waals surface area contributed by atoms with Crippen molar-refractivity contribution in [3.8, 4) is 0 Å². The number of methoxy groups -OCH3 is 1. The van der Waals surface area contributed by atoms with Crippen LogP contribution in [0.1, 0.15) is 50.3 Å². The Labute approximate surface area is 125 Å². The summed E-state index contributed by atoms with van der Waals surface area (Å²) in [6, 6.07) is -0.741. The molecule has 0 radical (unpaired) electrons. The smallest absolute Gasteiger partial charge is 0.323 e. The monoisotopic (exact) mass is 295 g/mol. The minimum Gasteiger partial charge on any atom is -0.468 e. The molecule has 1 heterocycles. The zero-order valence-electron chi connectivity index (χ0n) is 13.6. The first kappa shape index (κ1) is 17.4. The Kier molecular flexibility index (Phi) is 6.08. The molecule has 6 heteroatoms. The predicted octanol–water partition coefficient (Wildman–Crippen LogP) is 1.63. The van der Waals surface area contributed by atoms with E-state index in [4.69, 9.17) is 4.74 Å². The molecule has 0 saturated heterocycles. The average Bonchev–Trinajstić information content (AvgIpc) is 2.41. The highest BCUT2D eigenvalue weighted by Crippen LogP contribution is 2.16. The summed E-state index contributed by atoms with van der Waals surface area (Å²) >= 11 is 0. The van der Waals surface area contributed by atoms with Crippen LogP contribution in [0.5, 0.6) is 0 Å². The van der Waals surface area contributed by atoms with Crippen LogP contribution in [-0.4, -0.2) is 29.1 Å². The highest BCUT2D eigenvalue weighted by Gasteiger charge is 2.28. The fourth-order valence-corrected chi connectivity index (χ4v) is 2.43. The van der Waals surface area contributed by atoms with Crippen molar-refractivity contribution >= 4 is 5.97 Å². The normalized spacial score (nSPS) is 15.3. The van der Waals surface area contributed by atoms with Gasteiger partial charge in [0.05, 0.1) is 12.7 Å². The van der Waals surface area contributed by atoms with Crippen molar-refractivity contribution in [2.24, 2.45) is 5.92 Å². The minimum absolute atomic E-state index is 0.109. The Balaban J connectivity index is 3.05. The topological polar surface area (TPSA) is 84.1 Å². The number of aryl methyl sites for hydroxylation is 2. The number of H-pyrrole nitrogens is 1. The van der Waals surface area contributed by atoms with Crippen molar-refractivity contribution in [3.05, 3.63) is 27.4 Å². The summed E-state index contributed by atoms with van der Waals surface area (Å²) in [5, 5.41) is 3.20. The summed E-state index contributed by atoms with van der Waals surface area (Å²) in [5.41, 5.74) is 1.05. The summed E-state index contributed by atoms with van der Waals surface area (Å²) in [7, 11) is 1.37. The molecule has 0 bridgehead atoms. The van der Waals surface area contributed by atoms with Crippen molar-refractivity contribution < 1.29 is 9.53 Å². The lowest BCUT2D eigenvalue weighted by Crippen LogP contribution is -2.45. The Hall–Kier alpha value is -1.69. The number of aromatic amines is 1. The number of hydrogen-bond acceptors (Lipinski definition) is 5. The van der Waals surface area contributed by atoms with Crippen molar-refractivity contribution in [2.75, 3.05) is 7.11 Å². The Morgan fingerprint density at radius 3 is 2.48 bits per heavy atom. The highest BCUT2D eigenvalue weighted by atomic mass is 16.5.